The molecule has 142 valence electrons. The summed E-state index contributed by atoms with van der Waals surface area (Å²) in [7, 11) is 0. The van der Waals surface area contributed by atoms with Gasteiger partial charge in [0, 0.05) is 5.69 Å². The minimum absolute atomic E-state index is 0.130. The van der Waals surface area contributed by atoms with Gasteiger partial charge in [0.15, 0.2) is 0 Å². The molecule has 0 spiro atoms. The molecule has 0 unspecified atom stereocenters. The number of nitrogens with zero attached hydrogens (tertiary/aromatic N) is 4. The third kappa shape index (κ3) is 3.09. The third-order valence-corrected chi connectivity index (χ3v) is 4.43. The van der Waals surface area contributed by atoms with Crippen LogP contribution in [0.5, 0.6) is 5.75 Å². The predicted molar refractivity (Wildman–Crippen MR) is 106 cm³/mol. The Labute approximate surface area is 160 Å². The largest absolute Gasteiger partial charge is 0.494 e. The van der Waals surface area contributed by atoms with Gasteiger partial charge in [-0.2, -0.15) is 0 Å². The maximum Gasteiger partial charge on any atom is 0.297 e. The van der Waals surface area contributed by atoms with E-state index in [4.69, 9.17) is 4.74 Å². The molecular weight excluding hydrogens is 358 g/mol. The summed E-state index contributed by atoms with van der Waals surface area (Å²) in [6.07, 6.45) is 0. The van der Waals surface area contributed by atoms with Crippen molar-refractivity contribution in [3.8, 4) is 5.75 Å². The van der Waals surface area contributed by atoms with Crippen LogP contribution in [0.1, 0.15) is 12.7 Å². The van der Waals surface area contributed by atoms with Gasteiger partial charge in [0.1, 0.15) is 18.1 Å². The molecule has 0 bridgehead atoms. The molecule has 2 aromatic carbocycles. The number of nitrogens with one attached hydrogen (secondary N) is 1. The molecule has 0 atom stereocenters. The Balaban J connectivity index is 1.68. The van der Waals surface area contributed by atoms with E-state index in [2.05, 4.69) is 15.5 Å². The van der Waals surface area contributed by atoms with Gasteiger partial charge < -0.3 is 10.1 Å². The summed E-state index contributed by atoms with van der Waals surface area (Å²) >= 11 is 0. The van der Waals surface area contributed by atoms with Crippen LogP contribution in [-0.4, -0.2) is 31.7 Å². The zero-order valence-electron chi connectivity index (χ0n) is 15.5. The fourth-order valence-corrected chi connectivity index (χ4v) is 3.20. The maximum absolute atomic E-state index is 12.9. The van der Waals surface area contributed by atoms with Crippen LogP contribution in [0.4, 0.5) is 5.69 Å². The second-order valence-electron chi connectivity index (χ2n) is 6.29. The Hall–Kier alpha value is -3.68. The van der Waals surface area contributed by atoms with Crippen molar-refractivity contribution in [3.05, 3.63) is 64.7 Å². The molecule has 0 aliphatic carbocycles. The van der Waals surface area contributed by atoms with E-state index in [1.165, 1.54) is 4.57 Å². The van der Waals surface area contributed by atoms with Crippen molar-refractivity contribution < 1.29 is 9.53 Å². The topological polar surface area (TPSA) is 90.5 Å². The summed E-state index contributed by atoms with van der Waals surface area (Å²) in [5.41, 5.74) is 1.88. The highest BCUT2D eigenvalue weighted by Crippen LogP contribution is 2.17. The molecule has 8 heteroatoms. The minimum atomic E-state index is -0.360. The summed E-state index contributed by atoms with van der Waals surface area (Å²) in [6.45, 7) is 4.14. The molecule has 1 N–H and O–H groups in total. The molecule has 2 aromatic heterocycles. The second kappa shape index (κ2) is 7.15. The van der Waals surface area contributed by atoms with Crippen molar-refractivity contribution in [2.45, 2.75) is 20.4 Å². The van der Waals surface area contributed by atoms with E-state index in [-0.39, 0.29) is 23.7 Å². The van der Waals surface area contributed by atoms with Gasteiger partial charge >= 0.3 is 0 Å². The fourth-order valence-electron chi connectivity index (χ4n) is 3.20. The number of ether oxygens (including phenoxy) is 1. The quantitative estimate of drug-likeness (QED) is 0.577. The molecule has 4 aromatic rings. The lowest BCUT2D eigenvalue weighted by molar-refractivity contribution is -0.116. The number of carbonyl (C=O) groups excluding carboxylic acids is 1. The highest BCUT2D eigenvalue weighted by Gasteiger charge is 2.16. The lowest BCUT2D eigenvalue weighted by Crippen LogP contribution is -2.29. The number of aryl methyl sites for hydroxylation is 1. The van der Waals surface area contributed by atoms with Crippen molar-refractivity contribution in [2.24, 2.45) is 0 Å². The van der Waals surface area contributed by atoms with Crippen LogP contribution in [0.15, 0.2) is 53.3 Å². The van der Waals surface area contributed by atoms with Gasteiger partial charge in [0.05, 0.1) is 17.6 Å². The van der Waals surface area contributed by atoms with Crippen LogP contribution in [0.2, 0.25) is 0 Å². The lowest BCUT2D eigenvalue weighted by Gasteiger charge is -2.12. The molecule has 28 heavy (non-hydrogen) atoms. The van der Waals surface area contributed by atoms with Gasteiger partial charge in [-0.1, -0.05) is 12.1 Å². The van der Waals surface area contributed by atoms with Gasteiger partial charge in [-0.05, 0) is 50.2 Å². The summed E-state index contributed by atoms with van der Waals surface area (Å²) in [6, 6.07) is 14.5. The zero-order chi connectivity index (χ0) is 19.7. The van der Waals surface area contributed by atoms with E-state index in [9.17, 15) is 9.59 Å². The van der Waals surface area contributed by atoms with Crippen LogP contribution < -0.4 is 15.6 Å². The fraction of sp³-hybridized carbons (Fsp3) is 0.200. The average molecular weight is 377 g/mol. The Morgan fingerprint density at radius 3 is 2.50 bits per heavy atom. The molecule has 4 rings (SSSR count). The van der Waals surface area contributed by atoms with Crippen LogP contribution >= 0.6 is 0 Å². The van der Waals surface area contributed by atoms with E-state index in [1.54, 1.807) is 41.7 Å². The highest BCUT2D eigenvalue weighted by atomic mass is 16.5. The molecule has 8 nitrogen and oxygen atoms in total. The van der Waals surface area contributed by atoms with Crippen LogP contribution in [0.3, 0.4) is 0 Å². The van der Waals surface area contributed by atoms with Gasteiger partial charge in [0.25, 0.3) is 5.56 Å². The second-order valence-corrected chi connectivity index (χ2v) is 6.29. The van der Waals surface area contributed by atoms with Crippen LogP contribution in [0, 0.1) is 6.92 Å². The normalized spacial score (nSPS) is 11.1. The number of hydrogen-bond donors (Lipinski definition) is 1. The van der Waals surface area contributed by atoms with E-state index in [1.807, 2.05) is 25.1 Å². The maximum atomic E-state index is 12.9. The molecule has 0 radical (unpaired) electrons. The van der Waals surface area contributed by atoms with Gasteiger partial charge in [-0.3, -0.25) is 18.6 Å². The standard InChI is InChI=1S/C20H19N5O3/c1-3-28-15-10-8-14(9-11-15)21-18(26)12-24-16-6-4-5-7-17(16)25-13(2)22-23-19(25)20(24)27/h4-11H,3,12H2,1-2H3,(H,21,26). The number of aromatic nitrogens is 4. The first-order valence-corrected chi connectivity index (χ1v) is 8.94. The van der Waals surface area contributed by atoms with E-state index < -0.39 is 0 Å². The average Bonchev–Trinajstić information content (AvgIpc) is 3.09. The smallest absolute Gasteiger partial charge is 0.297 e. The monoisotopic (exact) mass is 377 g/mol. The molecule has 0 aliphatic rings. The SMILES string of the molecule is CCOc1ccc(NC(=O)Cn2c(=O)c3nnc(C)n3c3ccccc32)cc1. The number of anilines is 1. The minimum Gasteiger partial charge on any atom is -0.494 e. The van der Waals surface area contributed by atoms with E-state index in [0.717, 1.165) is 11.3 Å². The number of hydrogen-bond acceptors (Lipinski definition) is 5. The molecule has 0 saturated carbocycles. The highest BCUT2D eigenvalue weighted by molar-refractivity contribution is 5.91. The molecule has 0 saturated heterocycles. The summed E-state index contributed by atoms with van der Waals surface area (Å²) in [5, 5.41) is 10.8. The van der Waals surface area contributed by atoms with E-state index in [0.29, 0.717) is 23.6 Å². The number of rotatable bonds is 5. The Bertz CT molecular complexity index is 1220. The summed E-state index contributed by atoms with van der Waals surface area (Å²) in [5.74, 6) is 1.04. The molecule has 0 fully saturated rings. The first-order valence-electron chi connectivity index (χ1n) is 8.94. The first-order chi connectivity index (χ1) is 13.6. The van der Waals surface area contributed by atoms with Crippen LogP contribution in [-0.2, 0) is 11.3 Å². The lowest BCUT2D eigenvalue weighted by atomic mass is 10.2. The number of fused-ring (bicyclic) bond motifs is 3. The number of benzene rings is 2. The molecule has 1 amide bonds. The number of amides is 1. The number of carbonyl (C=O) groups is 1. The van der Waals surface area contributed by atoms with Crippen molar-refractivity contribution >= 4 is 28.3 Å². The van der Waals surface area contributed by atoms with Crippen molar-refractivity contribution in [1.29, 1.82) is 0 Å². The van der Waals surface area contributed by atoms with E-state index >= 15 is 0 Å². The summed E-state index contributed by atoms with van der Waals surface area (Å²) < 4.78 is 8.52. The molecule has 2 heterocycles. The Morgan fingerprint density at radius 1 is 1.07 bits per heavy atom. The first kappa shape index (κ1) is 17.7. The summed E-state index contributed by atoms with van der Waals surface area (Å²) in [4.78, 5) is 25.5. The van der Waals surface area contributed by atoms with Gasteiger partial charge in [-0.25, -0.2) is 0 Å². The third-order valence-electron chi connectivity index (χ3n) is 4.43. The van der Waals surface area contributed by atoms with Gasteiger partial charge in [-0.15, -0.1) is 10.2 Å². The van der Waals surface area contributed by atoms with Crippen molar-refractivity contribution in [1.82, 2.24) is 19.2 Å². The van der Waals surface area contributed by atoms with Crippen molar-refractivity contribution in [3.63, 3.8) is 0 Å². The Morgan fingerprint density at radius 2 is 1.79 bits per heavy atom. The molecule has 0 aliphatic heterocycles. The van der Waals surface area contributed by atoms with Crippen molar-refractivity contribution in [2.75, 3.05) is 11.9 Å². The Kier molecular flexibility index (Phi) is 4.52. The van der Waals surface area contributed by atoms with Gasteiger partial charge in [0.2, 0.25) is 11.6 Å². The zero-order valence-corrected chi connectivity index (χ0v) is 15.5. The molecular formula is C20H19N5O3. The van der Waals surface area contributed by atoms with Crippen LogP contribution in [0.25, 0.3) is 16.7 Å². The number of para-hydroxylation sites is 2. The predicted octanol–water partition coefficient (Wildman–Crippen LogP) is 2.39.